The maximum Gasteiger partial charge on any atom is 0.132 e. The van der Waals surface area contributed by atoms with Gasteiger partial charge in [0.1, 0.15) is 23.1 Å². The van der Waals surface area contributed by atoms with E-state index in [1.165, 1.54) is 0 Å². The Morgan fingerprint density at radius 2 is 1.81 bits per heavy atom. The summed E-state index contributed by atoms with van der Waals surface area (Å²) in [6, 6.07) is 7.96. The fraction of sp³-hybridized carbons (Fsp3) is 0.471. The second-order valence-electron chi connectivity index (χ2n) is 6.27. The molecule has 1 aromatic heterocycles. The van der Waals surface area contributed by atoms with Crippen molar-refractivity contribution in [1.82, 2.24) is 9.55 Å². The molecule has 0 aliphatic carbocycles. The van der Waals surface area contributed by atoms with Crippen molar-refractivity contribution < 1.29 is 4.74 Å². The van der Waals surface area contributed by atoms with Crippen LogP contribution in [0.3, 0.4) is 0 Å². The van der Waals surface area contributed by atoms with Crippen LogP contribution in [0.2, 0.25) is 0 Å². The number of ether oxygens (including phenoxy) is 1. The van der Waals surface area contributed by atoms with Crippen LogP contribution >= 0.6 is 0 Å². The van der Waals surface area contributed by atoms with Crippen LogP contribution in [0.4, 0.5) is 5.82 Å². The first-order valence-corrected chi connectivity index (χ1v) is 7.43. The van der Waals surface area contributed by atoms with E-state index in [0.717, 1.165) is 35.9 Å². The van der Waals surface area contributed by atoms with Crippen LogP contribution < -0.4 is 10.5 Å². The Morgan fingerprint density at radius 1 is 1.19 bits per heavy atom. The van der Waals surface area contributed by atoms with Crippen LogP contribution in [-0.4, -0.2) is 16.2 Å². The van der Waals surface area contributed by atoms with Gasteiger partial charge in [0.2, 0.25) is 0 Å². The van der Waals surface area contributed by atoms with Crippen molar-refractivity contribution in [2.75, 3.05) is 12.3 Å². The molecule has 0 spiro atoms. The summed E-state index contributed by atoms with van der Waals surface area (Å²) in [5, 5.41) is 0. The third kappa shape index (κ3) is 3.20. The van der Waals surface area contributed by atoms with Crippen LogP contribution in [-0.2, 0) is 5.54 Å². The van der Waals surface area contributed by atoms with Gasteiger partial charge in [0.25, 0.3) is 0 Å². The molecule has 0 amide bonds. The summed E-state index contributed by atoms with van der Waals surface area (Å²) in [7, 11) is 0. The van der Waals surface area contributed by atoms with E-state index in [-0.39, 0.29) is 5.54 Å². The van der Waals surface area contributed by atoms with E-state index in [2.05, 4.69) is 37.2 Å². The molecule has 4 nitrogen and oxygen atoms in total. The molecule has 0 aliphatic heterocycles. The molecule has 1 heterocycles. The molecule has 2 rings (SSSR count). The summed E-state index contributed by atoms with van der Waals surface area (Å²) in [4.78, 5) is 4.64. The smallest absolute Gasteiger partial charge is 0.132 e. The third-order valence-corrected chi connectivity index (χ3v) is 3.35. The molecule has 0 aliphatic rings. The zero-order valence-corrected chi connectivity index (χ0v) is 13.6. The maximum atomic E-state index is 6.31. The summed E-state index contributed by atoms with van der Waals surface area (Å²) >= 11 is 0. The minimum absolute atomic E-state index is 0.0798. The molecule has 0 atom stereocenters. The lowest BCUT2D eigenvalue weighted by Crippen LogP contribution is -2.24. The number of rotatable bonds is 4. The summed E-state index contributed by atoms with van der Waals surface area (Å²) in [6.07, 6.45) is 1.00. The van der Waals surface area contributed by atoms with Crippen molar-refractivity contribution in [2.24, 2.45) is 0 Å². The lowest BCUT2D eigenvalue weighted by Gasteiger charge is -2.24. The van der Waals surface area contributed by atoms with Crippen molar-refractivity contribution >= 4 is 5.82 Å². The quantitative estimate of drug-likeness (QED) is 0.925. The molecule has 0 unspecified atom stereocenters. The minimum atomic E-state index is -0.0798. The lowest BCUT2D eigenvalue weighted by atomic mass is 10.1. The molecule has 2 aromatic rings. The van der Waals surface area contributed by atoms with Gasteiger partial charge in [-0.25, -0.2) is 4.98 Å². The Kier molecular flexibility index (Phi) is 4.26. The molecule has 114 valence electrons. The zero-order valence-electron chi connectivity index (χ0n) is 13.6. The third-order valence-electron chi connectivity index (χ3n) is 3.35. The summed E-state index contributed by atoms with van der Waals surface area (Å²) in [5.74, 6) is 2.52. The molecule has 4 heteroatoms. The van der Waals surface area contributed by atoms with Gasteiger partial charge in [0, 0.05) is 11.1 Å². The topological polar surface area (TPSA) is 53.1 Å². The maximum absolute atomic E-state index is 6.31. The Labute approximate surface area is 127 Å². The molecule has 1 aromatic carbocycles. The Hall–Kier alpha value is -1.97. The van der Waals surface area contributed by atoms with Gasteiger partial charge in [-0.15, -0.1) is 0 Å². The van der Waals surface area contributed by atoms with Gasteiger partial charge in [-0.2, -0.15) is 0 Å². The van der Waals surface area contributed by atoms with E-state index in [0.29, 0.717) is 5.82 Å². The van der Waals surface area contributed by atoms with E-state index in [9.17, 15) is 0 Å². The van der Waals surface area contributed by atoms with Gasteiger partial charge in [-0.1, -0.05) is 6.92 Å². The predicted octanol–water partition coefficient (Wildman–Crippen LogP) is 3.98. The monoisotopic (exact) mass is 287 g/mol. The molecular weight excluding hydrogens is 262 g/mol. The first-order chi connectivity index (χ1) is 9.84. The molecular formula is C17H25N3O. The largest absolute Gasteiger partial charge is 0.494 e. The molecule has 0 saturated carbocycles. The number of hydrogen-bond donors (Lipinski definition) is 1. The first kappa shape index (κ1) is 15.4. The molecule has 0 bridgehead atoms. The van der Waals surface area contributed by atoms with E-state index >= 15 is 0 Å². The average molecular weight is 287 g/mol. The zero-order chi connectivity index (χ0) is 15.6. The molecule has 0 saturated heterocycles. The van der Waals surface area contributed by atoms with Gasteiger partial charge >= 0.3 is 0 Å². The minimum Gasteiger partial charge on any atom is -0.494 e. The van der Waals surface area contributed by atoms with Gasteiger partial charge < -0.3 is 15.0 Å². The summed E-state index contributed by atoms with van der Waals surface area (Å²) < 4.78 is 7.68. The lowest BCUT2D eigenvalue weighted by molar-refractivity contribution is 0.317. The Morgan fingerprint density at radius 3 is 2.29 bits per heavy atom. The van der Waals surface area contributed by atoms with E-state index in [1.807, 2.05) is 31.2 Å². The van der Waals surface area contributed by atoms with Gasteiger partial charge in [0.05, 0.1) is 6.61 Å². The second kappa shape index (κ2) is 5.80. The summed E-state index contributed by atoms with van der Waals surface area (Å²) in [5.41, 5.74) is 8.08. The molecule has 21 heavy (non-hydrogen) atoms. The number of nitrogens with zero attached hydrogens (tertiary/aromatic N) is 2. The standard InChI is InChI=1S/C17H25N3O/c1-6-11-21-14-9-7-13(8-10-14)15-16(18)20(12(2)19-15)17(3,4)5/h7-10H,6,11,18H2,1-5H3. The number of aryl methyl sites for hydroxylation is 1. The van der Waals surface area contributed by atoms with Crippen LogP contribution in [0.15, 0.2) is 24.3 Å². The molecule has 2 N–H and O–H groups in total. The van der Waals surface area contributed by atoms with Gasteiger partial charge in [-0.05, 0) is 58.4 Å². The number of benzene rings is 1. The van der Waals surface area contributed by atoms with Crippen LogP contribution in [0.5, 0.6) is 5.75 Å². The van der Waals surface area contributed by atoms with Crippen molar-refractivity contribution in [1.29, 1.82) is 0 Å². The molecule has 0 fully saturated rings. The fourth-order valence-corrected chi connectivity index (χ4v) is 2.54. The molecule has 0 radical (unpaired) electrons. The predicted molar refractivity (Wildman–Crippen MR) is 87.6 cm³/mol. The number of hydrogen-bond acceptors (Lipinski definition) is 3. The normalized spacial score (nSPS) is 11.7. The van der Waals surface area contributed by atoms with Crippen molar-refractivity contribution in [3.63, 3.8) is 0 Å². The summed E-state index contributed by atoms with van der Waals surface area (Å²) in [6.45, 7) is 11.2. The van der Waals surface area contributed by atoms with Gasteiger partial charge in [0.15, 0.2) is 0 Å². The van der Waals surface area contributed by atoms with Crippen molar-refractivity contribution in [3.8, 4) is 17.0 Å². The highest BCUT2D eigenvalue weighted by Crippen LogP contribution is 2.31. The SMILES string of the molecule is CCCOc1ccc(-c2nc(C)n(C(C)(C)C)c2N)cc1. The number of aromatic nitrogens is 2. The first-order valence-electron chi connectivity index (χ1n) is 7.43. The highest BCUT2D eigenvalue weighted by Gasteiger charge is 2.22. The van der Waals surface area contributed by atoms with Crippen LogP contribution in [0, 0.1) is 6.92 Å². The highest BCUT2D eigenvalue weighted by molar-refractivity contribution is 5.71. The van der Waals surface area contributed by atoms with Crippen LogP contribution in [0.25, 0.3) is 11.3 Å². The Bertz CT molecular complexity index is 606. The Balaban J connectivity index is 2.35. The van der Waals surface area contributed by atoms with Crippen molar-refractivity contribution in [3.05, 3.63) is 30.1 Å². The number of nitrogens with two attached hydrogens (primary N) is 1. The average Bonchev–Trinajstić information content (AvgIpc) is 2.72. The van der Waals surface area contributed by atoms with Crippen LogP contribution in [0.1, 0.15) is 39.9 Å². The highest BCUT2D eigenvalue weighted by atomic mass is 16.5. The number of nitrogen functional groups attached to an aromatic ring is 1. The van der Waals surface area contributed by atoms with Gasteiger partial charge in [-0.3, -0.25) is 0 Å². The van der Waals surface area contributed by atoms with Crippen molar-refractivity contribution in [2.45, 2.75) is 46.6 Å². The number of anilines is 1. The van der Waals surface area contributed by atoms with E-state index < -0.39 is 0 Å². The number of imidazole rings is 1. The van der Waals surface area contributed by atoms with E-state index in [1.54, 1.807) is 0 Å². The second-order valence-corrected chi connectivity index (χ2v) is 6.27. The van der Waals surface area contributed by atoms with E-state index in [4.69, 9.17) is 10.5 Å². The fourth-order valence-electron chi connectivity index (χ4n) is 2.54.